The molecule has 2 aromatic rings. The highest BCUT2D eigenvalue weighted by molar-refractivity contribution is 7.12. The maximum atomic E-state index is 13.3. The minimum atomic E-state index is -0.518. The van der Waals surface area contributed by atoms with Crippen LogP contribution in [0.3, 0.4) is 0 Å². The van der Waals surface area contributed by atoms with Crippen molar-refractivity contribution in [2.45, 2.75) is 32.7 Å². The van der Waals surface area contributed by atoms with Crippen molar-refractivity contribution in [3.8, 4) is 0 Å². The van der Waals surface area contributed by atoms with Crippen molar-refractivity contribution in [1.82, 2.24) is 5.32 Å². The van der Waals surface area contributed by atoms with Crippen molar-refractivity contribution in [2.24, 2.45) is 0 Å². The SMILES string of the molecule is CCNC(Cc1cc(F)cc(F)c1)c1ccc(CC)s1. The van der Waals surface area contributed by atoms with E-state index in [-0.39, 0.29) is 6.04 Å². The molecule has 1 heterocycles. The Morgan fingerprint density at radius 3 is 2.35 bits per heavy atom. The van der Waals surface area contributed by atoms with Crippen molar-refractivity contribution >= 4 is 11.3 Å². The van der Waals surface area contributed by atoms with Crippen LogP contribution in [0.2, 0.25) is 0 Å². The Morgan fingerprint density at radius 1 is 1.10 bits per heavy atom. The number of likely N-dealkylation sites (N-methyl/N-ethyl adjacent to an activating group) is 1. The van der Waals surface area contributed by atoms with Gasteiger partial charge in [0.1, 0.15) is 11.6 Å². The second-order valence-electron chi connectivity index (χ2n) is 4.75. The predicted molar refractivity (Wildman–Crippen MR) is 80.2 cm³/mol. The molecule has 0 spiro atoms. The highest BCUT2D eigenvalue weighted by Gasteiger charge is 2.14. The number of benzene rings is 1. The number of thiophene rings is 1. The van der Waals surface area contributed by atoms with E-state index in [1.807, 2.05) is 6.92 Å². The van der Waals surface area contributed by atoms with Gasteiger partial charge in [-0.1, -0.05) is 13.8 Å². The van der Waals surface area contributed by atoms with Gasteiger partial charge in [0.25, 0.3) is 0 Å². The van der Waals surface area contributed by atoms with E-state index in [9.17, 15) is 8.78 Å². The summed E-state index contributed by atoms with van der Waals surface area (Å²) in [7, 11) is 0. The first kappa shape index (κ1) is 15.1. The number of nitrogens with one attached hydrogen (secondary N) is 1. The van der Waals surface area contributed by atoms with Gasteiger partial charge in [0.05, 0.1) is 0 Å². The largest absolute Gasteiger partial charge is 0.309 e. The molecule has 4 heteroatoms. The average Bonchev–Trinajstić information content (AvgIpc) is 2.85. The summed E-state index contributed by atoms with van der Waals surface area (Å²) in [4.78, 5) is 2.54. The first-order valence-electron chi connectivity index (χ1n) is 6.89. The van der Waals surface area contributed by atoms with Gasteiger partial charge in [0.2, 0.25) is 0 Å². The third kappa shape index (κ3) is 3.87. The molecule has 0 radical (unpaired) electrons. The molecule has 0 bridgehead atoms. The second-order valence-corrected chi connectivity index (χ2v) is 5.95. The van der Waals surface area contributed by atoms with Crippen LogP contribution in [0.15, 0.2) is 30.3 Å². The average molecular weight is 295 g/mol. The van der Waals surface area contributed by atoms with Crippen LogP contribution in [0, 0.1) is 11.6 Å². The van der Waals surface area contributed by atoms with Gasteiger partial charge in [-0.05, 0) is 49.2 Å². The molecule has 1 aromatic carbocycles. The molecule has 0 aliphatic heterocycles. The zero-order chi connectivity index (χ0) is 14.5. The molecule has 0 saturated carbocycles. The van der Waals surface area contributed by atoms with Crippen molar-refractivity contribution in [1.29, 1.82) is 0 Å². The van der Waals surface area contributed by atoms with Gasteiger partial charge >= 0.3 is 0 Å². The molecule has 1 aromatic heterocycles. The van der Waals surface area contributed by atoms with Gasteiger partial charge in [0, 0.05) is 21.9 Å². The summed E-state index contributed by atoms with van der Waals surface area (Å²) in [5.74, 6) is -1.04. The summed E-state index contributed by atoms with van der Waals surface area (Å²) in [6.07, 6.45) is 1.60. The van der Waals surface area contributed by atoms with Crippen LogP contribution in [0.4, 0.5) is 8.78 Å². The zero-order valence-corrected chi connectivity index (χ0v) is 12.6. The Labute approximate surface area is 122 Å². The maximum absolute atomic E-state index is 13.3. The van der Waals surface area contributed by atoms with E-state index in [1.54, 1.807) is 11.3 Å². The molecular formula is C16H19F2NS. The molecule has 0 fully saturated rings. The quantitative estimate of drug-likeness (QED) is 0.828. The lowest BCUT2D eigenvalue weighted by Crippen LogP contribution is -2.22. The van der Waals surface area contributed by atoms with Crippen molar-refractivity contribution in [3.63, 3.8) is 0 Å². The normalized spacial score (nSPS) is 12.6. The van der Waals surface area contributed by atoms with Gasteiger partial charge in [-0.2, -0.15) is 0 Å². The predicted octanol–water partition coefficient (Wildman–Crippen LogP) is 4.48. The molecule has 1 N–H and O–H groups in total. The molecule has 0 amide bonds. The molecule has 1 atom stereocenters. The minimum absolute atomic E-state index is 0.103. The second kappa shape index (κ2) is 6.95. The highest BCUT2D eigenvalue weighted by atomic mass is 32.1. The van der Waals surface area contributed by atoms with Crippen LogP contribution in [-0.4, -0.2) is 6.54 Å². The monoisotopic (exact) mass is 295 g/mol. The summed E-state index contributed by atoms with van der Waals surface area (Å²) in [5.41, 5.74) is 0.680. The summed E-state index contributed by atoms with van der Waals surface area (Å²) in [6.45, 7) is 4.98. The van der Waals surface area contributed by atoms with E-state index < -0.39 is 11.6 Å². The van der Waals surface area contributed by atoms with Gasteiger partial charge in [0.15, 0.2) is 0 Å². The third-order valence-electron chi connectivity index (χ3n) is 3.19. The number of hydrogen-bond donors (Lipinski definition) is 1. The lowest BCUT2D eigenvalue weighted by atomic mass is 10.0. The Balaban J connectivity index is 2.20. The summed E-state index contributed by atoms with van der Waals surface area (Å²) in [6, 6.07) is 8.05. The Bertz CT molecular complexity index is 545. The topological polar surface area (TPSA) is 12.0 Å². The zero-order valence-electron chi connectivity index (χ0n) is 11.7. The van der Waals surface area contributed by atoms with E-state index in [1.165, 1.54) is 21.9 Å². The van der Waals surface area contributed by atoms with Crippen LogP contribution >= 0.6 is 11.3 Å². The third-order valence-corrected chi connectivity index (χ3v) is 4.53. The van der Waals surface area contributed by atoms with Gasteiger partial charge in [-0.25, -0.2) is 8.78 Å². The van der Waals surface area contributed by atoms with E-state index in [2.05, 4.69) is 24.4 Å². The number of rotatable bonds is 6. The molecule has 1 unspecified atom stereocenters. The molecular weight excluding hydrogens is 276 g/mol. The summed E-state index contributed by atoms with van der Waals surface area (Å²) in [5, 5.41) is 3.39. The first-order chi connectivity index (χ1) is 9.62. The molecule has 0 saturated heterocycles. The summed E-state index contributed by atoms with van der Waals surface area (Å²) >= 11 is 1.76. The molecule has 1 nitrogen and oxygen atoms in total. The van der Waals surface area contributed by atoms with Crippen LogP contribution in [0.1, 0.15) is 35.2 Å². The molecule has 108 valence electrons. The molecule has 0 aliphatic carbocycles. The number of halogens is 2. The Morgan fingerprint density at radius 2 is 1.80 bits per heavy atom. The summed E-state index contributed by atoms with van der Waals surface area (Å²) < 4.78 is 26.5. The van der Waals surface area contributed by atoms with Gasteiger partial charge in [-0.3, -0.25) is 0 Å². The first-order valence-corrected chi connectivity index (χ1v) is 7.71. The number of hydrogen-bond acceptors (Lipinski definition) is 2. The fourth-order valence-corrected chi connectivity index (χ4v) is 3.28. The lowest BCUT2D eigenvalue weighted by molar-refractivity contribution is 0.545. The maximum Gasteiger partial charge on any atom is 0.126 e. The van der Waals surface area contributed by atoms with E-state index in [0.717, 1.165) is 19.0 Å². The number of aryl methyl sites for hydroxylation is 1. The highest BCUT2D eigenvalue weighted by Crippen LogP contribution is 2.27. The molecule has 20 heavy (non-hydrogen) atoms. The fourth-order valence-electron chi connectivity index (χ4n) is 2.26. The van der Waals surface area contributed by atoms with Crippen molar-refractivity contribution in [2.75, 3.05) is 6.54 Å². The van der Waals surface area contributed by atoms with Crippen molar-refractivity contribution < 1.29 is 8.78 Å². The van der Waals surface area contributed by atoms with Crippen LogP contribution in [0.25, 0.3) is 0 Å². The van der Waals surface area contributed by atoms with E-state index in [0.29, 0.717) is 12.0 Å². The fraction of sp³-hybridized carbons (Fsp3) is 0.375. The van der Waals surface area contributed by atoms with Crippen molar-refractivity contribution in [3.05, 3.63) is 57.3 Å². The minimum Gasteiger partial charge on any atom is -0.309 e. The van der Waals surface area contributed by atoms with E-state index >= 15 is 0 Å². The molecule has 0 aliphatic rings. The van der Waals surface area contributed by atoms with Crippen LogP contribution in [0.5, 0.6) is 0 Å². The van der Waals surface area contributed by atoms with E-state index in [4.69, 9.17) is 0 Å². The van der Waals surface area contributed by atoms with Crippen LogP contribution < -0.4 is 5.32 Å². The Kier molecular flexibility index (Phi) is 5.26. The standard InChI is InChI=1S/C16H19F2NS/c1-3-14-5-6-16(20-14)15(19-4-2)9-11-7-12(17)10-13(18)8-11/h5-8,10,15,19H,3-4,9H2,1-2H3. The van der Waals surface area contributed by atoms with Crippen LogP contribution in [-0.2, 0) is 12.8 Å². The van der Waals surface area contributed by atoms with Gasteiger partial charge in [-0.15, -0.1) is 11.3 Å². The van der Waals surface area contributed by atoms with Gasteiger partial charge < -0.3 is 5.32 Å². The smallest absolute Gasteiger partial charge is 0.126 e. The lowest BCUT2D eigenvalue weighted by Gasteiger charge is -2.16. The Hall–Kier alpha value is -1.26. The molecule has 2 rings (SSSR count).